The van der Waals surface area contributed by atoms with Crippen LogP contribution in [0.5, 0.6) is 0 Å². The van der Waals surface area contributed by atoms with Crippen LogP contribution in [0.1, 0.15) is 31.7 Å². The first-order valence-corrected chi connectivity index (χ1v) is 11.8. The second-order valence-corrected chi connectivity index (χ2v) is 8.68. The lowest BCUT2D eigenvalue weighted by atomic mass is 9.65. The summed E-state index contributed by atoms with van der Waals surface area (Å²) in [6.45, 7) is 4.28. The van der Waals surface area contributed by atoms with Crippen LogP contribution in [0, 0.1) is 5.41 Å². The largest absolute Gasteiger partial charge is 0.494 e. The molecule has 0 bridgehead atoms. The molecule has 4 heterocycles. The molecule has 2 aliphatic rings. The van der Waals surface area contributed by atoms with Gasteiger partial charge in [0.2, 0.25) is 0 Å². The summed E-state index contributed by atoms with van der Waals surface area (Å²) in [7, 11) is 0. The highest BCUT2D eigenvalue weighted by Gasteiger charge is 2.54. The second kappa shape index (κ2) is 10.6. The van der Waals surface area contributed by atoms with Gasteiger partial charge in [0, 0.05) is 48.1 Å². The van der Waals surface area contributed by atoms with E-state index in [4.69, 9.17) is 9.47 Å². The Labute approximate surface area is 209 Å². The fourth-order valence-electron chi connectivity index (χ4n) is 5.12. The van der Waals surface area contributed by atoms with Crippen molar-refractivity contribution in [2.75, 3.05) is 19.8 Å². The minimum Gasteiger partial charge on any atom is -0.494 e. The predicted octanol–water partition coefficient (Wildman–Crippen LogP) is 3.56. The maximum absolute atomic E-state index is 12.9. The lowest BCUT2D eigenvalue weighted by Gasteiger charge is -2.45. The van der Waals surface area contributed by atoms with E-state index in [2.05, 4.69) is 9.97 Å². The van der Waals surface area contributed by atoms with Crippen molar-refractivity contribution in [2.24, 2.45) is 5.41 Å². The molecule has 4 rings (SSSR count). The van der Waals surface area contributed by atoms with Gasteiger partial charge in [-0.1, -0.05) is 12.1 Å². The van der Waals surface area contributed by atoms with Crippen molar-refractivity contribution in [1.29, 1.82) is 0 Å². The van der Waals surface area contributed by atoms with Crippen molar-refractivity contribution in [3.05, 3.63) is 94.7 Å². The molecule has 188 valence electrons. The number of hydrogen-bond donors (Lipinski definition) is 2. The Hall–Kier alpha value is -4.14. The third-order valence-corrected chi connectivity index (χ3v) is 6.68. The fourth-order valence-corrected chi connectivity index (χ4v) is 5.12. The van der Waals surface area contributed by atoms with Crippen LogP contribution < -0.4 is 0 Å². The molecular weight excluding hydrogens is 462 g/mol. The molecule has 9 nitrogen and oxygen atoms in total. The smallest absolute Gasteiger partial charge is 0.334 e. The van der Waals surface area contributed by atoms with Crippen LogP contribution in [0.25, 0.3) is 0 Å². The van der Waals surface area contributed by atoms with Gasteiger partial charge in [-0.2, -0.15) is 0 Å². The average molecular weight is 492 g/mol. The topological polar surface area (TPSA) is 122 Å². The zero-order valence-electron chi connectivity index (χ0n) is 20.3. The van der Waals surface area contributed by atoms with E-state index in [0.717, 1.165) is 11.4 Å². The van der Waals surface area contributed by atoms with Gasteiger partial charge in [0.15, 0.2) is 0 Å². The SMILES string of the molecule is CC1=C(C(=O)O)C(CCc2ccccn2)(C2=COCCO2)C(C(=O)O)=C(C)N1CCc1ccccn1. The van der Waals surface area contributed by atoms with Gasteiger partial charge < -0.3 is 24.6 Å². The number of allylic oxidation sites excluding steroid dienone is 3. The zero-order valence-corrected chi connectivity index (χ0v) is 20.3. The molecule has 0 fully saturated rings. The summed E-state index contributed by atoms with van der Waals surface area (Å²) < 4.78 is 11.4. The van der Waals surface area contributed by atoms with Gasteiger partial charge in [0.25, 0.3) is 0 Å². The summed E-state index contributed by atoms with van der Waals surface area (Å²) in [5.41, 5.74) is 0.806. The third-order valence-electron chi connectivity index (χ3n) is 6.68. The highest BCUT2D eigenvalue weighted by molar-refractivity contribution is 5.99. The zero-order chi connectivity index (χ0) is 25.7. The van der Waals surface area contributed by atoms with Crippen LogP contribution in [0.15, 0.2) is 83.4 Å². The number of aryl methyl sites for hydroxylation is 1. The Balaban J connectivity index is 1.86. The van der Waals surface area contributed by atoms with E-state index in [1.165, 1.54) is 6.26 Å². The molecule has 0 amide bonds. The molecule has 0 atom stereocenters. The molecule has 0 saturated heterocycles. The van der Waals surface area contributed by atoms with Gasteiger partial charge in [-0.3, -0.25) is 9.97 Å². The molecule has 2 aromatic rings. The Morgan fingerprint density at radius 3 is 1.97 bits per heavy atom. The van der Waals surface area contributed by atoms with Crippen molar-refractivity contribution in [3.63, 3.8) is 0 Å². The van der Waals surface area contributed by atoms with Crippen LogP contribution in [-0.2, 0) is 31.9 Å². The average Bonchev–Trinajstić information content (AvgIpc) is 2.88. The molecule has 0 radical (unpaired) electrons. The number of carboxylic acids is 2. The number of aliphatic carboxylic acids is 2. The van der Waals surface area contributed by atoms with E-state index in [9.17, 15) is 19.8 Å². The van der Waals surface area contributed by atoms with Crippen molar-refractivity contribution in [2.45, 2.75) is 33.1 Å². The minimum atomic E-state index is -1.56. The molecule has 2 N–H and O–H groups in total. The van der Waals surface area contributed by atoms with E-state index < -0.39 is 17.4 Å². The number of rotatable bonds is 9. The number of pyridine rings is 2. The molecule has 0 spiro atoms. The maximum Gasteiger partial charge on any atom is 0.334 e. The molecular formula is C27H29N3O6. The van der Waals surface area contributed by atoms with Crippen molar-refractivity contribution in [3.8, 4) is 0 Å². The van der Waals surface area contributed by atoms with Gasteiger partial charge in [-0.25, -0.2) is 9.59 Å². The van der Waals surface area contributed by atoms with Gasteiger partial charge in [0.1, 0.15) is 25.2 Å². The van der Waals surface area contributed by atoms with E-state index >= 15 is 0 Å². The molecule has 0 aliphatic carbocycles. The summed E-state index contributed by atoms with van der Waals surface area (Å²) in [5, 5.41) is 21.0. The quantitative estimate of drug-likeness (QED) is 0.542. The van der Waals surface area contributed by atoms with Crippen LogP contribution >= 0.6 is 0 Å². The molecule has 0 aromatic carbocycles. The standard InChI is InChI=1S/C27H29N3O6/c1-18-23(25(31)32)27(22-17-35-15-16-36-22,11-9-20-7-3-5-12-28-20)24(26(33)34)19(2)30(18)14-10-21-8-4-6-13-29-21/h3-8,12-13,17H,9-11,14-16H2,1-2H3,(H,31,32)(H,33,34). The summed E-state index contributed by atoms with van der Waals surface area (Å²) in [4.78, 5) is 36.2. The van der Waals surface area contributed by atoms with Gasteiger partial charge in [0.05, 0.1) is 16.6 Å². The monoisotopic (exact) mass is 491 g/mol. The van der Waals surface area contributed by atoms with Crippen LogP contribution in [0.2, 0.25) is 0 Å². The summed E-state index contributed by atoms with van der Waals surface area (Å²) in [6.07, 6.45) is 5.68. The fraction of sp³-hybridized carbons (Fsp3) is 0.333. The Kier molecular flexibility index (Phi) is 7.38. The summed E-state index contributed by atoms with van der Waals surface area (Å²) >= 11 is 0. The Morgan fingerprint density at radius 1 is 0.917 bits per heavy atom. The highest BCUT2D eigenvalue weighted by Crippen LogP contribution is 2.53. The number of ether oxygens (including phenoxy) is 2. The van der Waals surface area contributed by atoms with Crippen LogP contribution in [0.3, 0.4) is 0 Å². The van der Waals surface area contributed by atoms with Crippen molar-refractivity contribution < 1.29 is 29.3 Å². The van der Waals surface area contributed by atoms with Crippen molar-refractivity contribution >= 4 is 11.9 Å². The molecule has 9 heteroatoms. The number of aromatic nitrogens is 2. The highest BCUT2D eigenvalue weighted by atomic mass is 16.6. The number of carbonyl (C=O) groups is 2. The van der Waals surface area contributed by atoms with Gasteiger partial charge in [-0.05, 0) is 51.0 Å². The number of hydrogen-bond acceptors (Lipinski definition) is 7. The predicted molar refractivity (Wildman–Crippen MR) is 130 cm³/mol. The molecule has 0 saturated carbocycles. The lowest BCUT2D eigenvalue weighted by molar-refractivity contribution is -0.136. The molecule has 2 aliphatic heterocycles. The third kappa shape index (κ3) is 4.68. The Morgan fingerprint density at radius 2 is 1.50 bits per heavy atom. The first-order valence-electron chi connectivity index (χ1n) is 11.8. The first-order chi connectivity index (χ1) is 17.4. The van der Waals surface area contributed by atoms with E-state index in [1.807, 2.05) is 30.3 Å². The van der Waals surface area contributed by atoms with Gasteiger partial charge in [-0.15, -0.1) is 0 Å². The minimum absolute atomic E-state index is 0.0424. The van der Waals surface area contributed by atoms with E-state index in [-0.39, 0.29) is 29.9 Å². The van der Waals surface area contributed by atoms with E-state index in [0.29, 0.717) is 37.4 Å². The second-order valence-electron chi connectivity index (χ2n) is 8.68. The number of carboxylic acid groups (broad SMARTS) is 2. The molecule has 36 heavy (non-hydrogen) atoms. The maximum atomic E-state index is 12.9. The molecule has 0 unspecified atom stereocenters. The lowest BCUT2D eigenvalue weighted by Crippen LogP contribution is -2.46. The number of nitrogens with zero attached hydrogens (tertiary/aromatic N) is 3. The summed E-state index contributed by atoms with van der Waals surface area (Å²) in [5.74, 6) is -2.24. The van der Waals surface area contributed by atoms with Crippen molar-refractivity contribution in [1.82, 2.24) is 14.9 Å². The Bertz CT molecular complexity index is 1180. The normalized spacial score (nSPS) is 17.3. The van der Waals surface area contributed by atoms with Crippen LogP contribution in [0.4, 0.5) is 0 Å². The molecule has 2 aromatic heterocycles. The summed E-state index contributed by atoms with van der Waals surface area (Å²) in [6, 6.07) is 11.0. The first kappa shape index (κ1) is 25.0. The van der Waals surface area contributed by atoms with Gasteiger partial charge >= 0.3 is 11.9 Å². The van der Waals surface area contributed by atoms with E-state index in [1.54, 1.807) is 37.2 Å². The van der Waals surface area contributed by atoms with Crippen LogP contribution in [-0.4, -0.2) is 56.8 Å².